The summed E-state index contributed by atoms with van der Waals surface area (Å²) in [5, 5.41) is 17.4. The van der Waals surface area contributed by atoms with Gasteiger partial charge in [0, 0.05) is 0 Å². The summed E-state index contributed by atoms with van der Waals surface area (Å²) in [5.74, 6) is -0.305. The molecule has 0 aromatic heterocycles. The Morgan fingerprint density at radius 1 is 0.905 bits per heavy atom. The third-order valence-corrected chi connectivity index (χ3v) is 2.61. The number of rotatable bonds is 2. The van der Waals surface area contributed by atoms with E-state index in [0.717, 1.165) is 12.1 Å². The average molecular weight is 288 g/mol. The lowest BCUT2D eigenvalue weighted by Gasteiger charge is -2.14. The first-order valence-electron chi connectivity index (χ1n) is 5.73. The molecule has 3 nitrogen and oxygen atoms in total. The van der Waals surface area contributed by atoms with Crippen LogP contribution in [0.2, 0.25) is 0 Å². The monoisotopic (exact) mass is 288 g/mol. The van der Waals surface area contributed by atoms with Crippen molar-refractivity contribution in [2.75, 3.05) is 0 Å². The molecule has 0 unspecified atom stereocenters. The molecule has 0 spiro atoms. The summed E-state index contributed by atoms with van der Waals surface area (Å²) in [6.45, 7) is 0. The summed E-state index contributed by atoms with van der Waals surface area (Å²) in [6, 6.07) is 12.4. The molecule has 0 bridgehead atoms. The number of ether oxygens (including phenoxy) is 1. The molecule has 2 rings (SSSR count). The predicted octanol–water partition coefficient (Wildman–Crippen LogP) is 4.24. The summed E-state index contributed by atoms with van der Waals surface area (Å²) in [7, 11) is 0. The van der Waals surface area contributed by atoms with Gasteiger partial charge in [-0.2, -0.15) is 23.7 Å². The van der Waals surface area contributed by atoms with Crippen LogP contribution in [0.15, 0.2) is 42.5 Å². The second-order valence-corrected chi connectivity index (χ2v) is 4.06. The Balaban J connectivity index is 2.45. The van der Waals surface area contributed by atoms with Gasteiger partial charge in [-0.25, -0.2) is 0 Å². The maximum absolute atomic E-state index is 13.0. The molecule has 6 heteroatoms. The molecule has 0 aliphatic carbocycles. The van der Waals surface area contributed by atoms with Gasteiger partial charge in [0.1, 0.15) is 11.5 Å². The zero-order valence-corrected chi connectivity index (χ0v) is 10.5. The SMILES string of the molecule is N#Cc1cccc(Oc2ccc(C#N)cc2C(F)(F)F)c1. The molecule has 104 valence electrons. The number of alkyl halides is 3. The van der Waals surface area contributed by atoms with Crippen molar-refractivity contribution in [3.8, 4) is 23.6 Å². The minimum absolute atomic E-state index is 0.111. The predicted molar refractivity (Wildman–Crippen MR) is 67.4 cm³/mol. The van der Waals surface area contributed by atoms with E-state index in [2.05, 4.69) is 0 Å². The maximum atomic E-state index is 13.0. The Morgan fingerprint density at radius 2 is 1.57 bits per heavy atom. The van der Waals surface area contributed by atoms with Gasteiger partial charge in [-0.15, -0.1) is 0 Å². The lowest BCUT2D eigenvalue weighted by Crippen LogP contribution is -2.07. The lowest BCUT2D eigenvalue weighted by molar-refractivity contribution is -0.138. The van der Waals surface area contributed by atoms with Gasteiger partial charge in [0.25, 0.3) is 0 Å². The Kier molecular flexibility index (Phi) is 3.82. The Morgan fingerprint density at radius 3 is 2.19 bits per heavy atom. The largest absolute Gasteiger partial charge is 0.457 e. The van der Waals surface area contributed by atoms with Crippen molar-refractivity contribution in [2.24, 2.45) is 0 Å². The van der Waals surface area contributed by atoms with Crippen molar-refractivity contribution < 1.29 is 17.9 Å². The minimum Gasteiger partial charge on any atom is -0.457 e. The number of halogens is 3. The van der Waals surface area contributed by atoms with Crippen LogP contribution in [-0.2, 0) is 6.18 Å². The number of nitriles is 2. The van der Waals surface area contributed by atoms with Crippen LogP contribution in [0.25, 0.3) is 0 Å². The molecule has 0 saturated heterocycles. The summed E-state index contributed by atoms with van der Waals surface area (Å²) >= 11 is 0. The average Bonchev–Trinajstić information content (AvgIpc) is 2.46. The zero-order valence-electron chi connectivity index (χ0n) is 10.5. The fourth-order valence-electron chi connectivity index (χ4n) is 1.67. The Bertz CT molecular complexity index is 755. The third kappa shape index (κ3) is 3.31. The number of nitrogens with zero attached hydrogens (tertiary/aromatic N) is 2. The molecule has 0 saturated carbocycles. The van der Waals surface area contributed by atoms with E-state index in [1.165, 1.54) is 30.3 Å². The highest BCUT2D eigenvalue weighted by atomic mass is 19.4. The van der Waals surface area contributed by atoms with Gasteiger partial charge in [0.15, 0.2) is 0 Å². The quantitative estimate of drug-likeness (QED) is 0.830. The van der Waals surface area contributed by atoms with Crippen molar-refractivity contribution in [3.63, 3.8) is 0 Å². The first-order chi connectivity index (χ1) is 9.94. The van der Waals surface area contributed by atoms with Gasteiger partial charge >= 0.3 is 6.18 Å². The fourth-order valence-corrected chi connectivity index (χ4v) is 1.67. The highest BCUT2D eigenvalue weighted by molar-refractivity contribution is 5.46. The topological polar surface area (TPSA) is 56.8 Å². The molecule has 2 aromatic carbocycles. The van der Waals surface area contributed by atoms with Crippen molar-refractivity contribution in [1.29, 1.82) is 10.5 Å². The van der Waals surface area contributed by atoms with Crippen LogP contribution in [0.5, 0.6) is 11.5 Å². The number of benzene rings is 2. The van der Waals surface area contributed by atoms with Crippen molar-refractivity contribution in [3.05, 3.63) is 59.2 Å². The highest BCUT2D eigenvalue weighted by Gasteiger charge is 2.35. The van der Waals surface area contributed by atoms with Crippen LogP contribution in [0.3, 0.4) is 0 Å². The molecule has 0 heterocycles. The molecule has 0 atom stereocenters. The van der Waals surface area contributed by atoms with Gasteiger partial charge in [0.2, 0.25) is 0 Å². The van der Waals surface area contributed by atoms with Crippen LogP contribution < -0.4 is 4.74 Å². The lowest BCUT2D eigenvalue weighted by atomic mass is 10.1. The zero-order chi connectivity index (χ0) is 15.5. The highest BCUT2D eigenvalue weighted by Crippen LogP contribution is 2.38. The summed E-state index contributed by atoms with van der Waals surface area (Å²) in [4.78, 5) is 0. The van der Waals surface area contributed by atoms with Crippen molar-refractivity contribution in [2.45, 2.75) is 6.18 Å². The van der Waals surface area contributed by atoms with Crippen LogP contribution in [0.4, 0.5) is 13.2 Å². The van der Waals surface area contributed by atoms with Crippen molar-refractivity contribution in [1.82, 2.24) is 0 Å². The normalized spacial score (nSPS) is 10.5. The second kappa shape index (κ2) is 5.56. The minimum atomic E-state index is -4.64. The van der Waals surface area contributed by atoms with E-state index < -0.39 is 17.5 Å². The second-order valence-electron chi connectivity index (χ2n) is 4.06. The van der Waals surface area contributed by atoms with Gasteiger partial charge < -0.3 is 4.74 Å². The number of hydrogen-bond acceptors (Lipinski definition) is 3. The van der Waals surface area contributed by atoms with Gasteiger partial charge in [-0.05, 0) is 36.4 Å². The fraction of sp³-hybridized carbons (Fsp3) is 0.0667. The van der Waals surface area contributed by atoms with E-state index in [9.17, 15) is 13.2 Å². The van der Waals surface area contributed by atoms with E-state index in [0.29, 0.717) is 0 Å². The van der Waals surface area contributed by atoms with E-state index in [4.69, 9.17) is 15.3 Å². The van der Waals surface area contributed by atoms with E-state index in [1.807, 2.05) is 6.07 Å². The first-order valence-corrected chi connectivity index (χ1v) is 5.73. The third-order valence-electron chi connectivity index (χ3n) is 2.61. The molecule has 2 aromatic rings. The standard InChI is InChI=1S/C15H7F3N2O/c16-15(17,18)13-7-11(9-20)4-5-14(13)21-12-3-1-2-10(6-12)8-19/h1-7H. The van der Waals surface area contributed by atoms with Crippen LogP contribution in [0.1, 0.15) is 16.7 Å². The van der Waals surface area contributed by atoms with Crippen molar-refractivity contribution >= 4 is 0 Å². The summed E-state index contributed by atoms with van der Waals surface area (Å²) < 4.78 is 44.1. The number of hydrogen-bond donors (Lipinski definition) is 0. The molecular weight excluding hydrogens is 281 g/mol. The Hall–Kier alpha value is -2.99. The molecule has 21 heavy (non-hydrogen) atoms. The maximum Gasteiger partial charge on any atom is 0.420 e. The molecular formula is C15H7F3N2O. The van der Waals surface area contributed by atoms with Gasteiger partial charge in [-0.1, -0.05) is 6.07 Å². The van der Waals surface area contributed by atoms with Gasteiger partial charge in [0.05, 0.1) is 28.8 Å². The van der Waals surface area contributed by atoms with Gasteiger partial charge in [-0.3, -0.25) is 0 Å². The molecule has 0 radical (unpaired) electrons. The Labute approximate surface area is 118 Å². The van der Waals surface area contributed by atoms with E-state index >= 15 is 0 Å². The summed E-state index contributed by atoms with van der Waals surface area (Å²) in [5.41, 5.74) is -0.876. The molecule has 0 N–H and O–H groups in total. The molecule has 0 aliphatic heterocycles. The summed E-state index contributed by atoms with van der Waals surface area (Å²) in [6.07, 6.45) is -4.64. The smallest absolute Gasteiger partial charge is 0.420 e. The van der Waals surface area contributed by atoms with E-state index in [-0.39, 0.29) is 16.9 Å². The first kappa shape index (κ1) is 14.4. The van der Waals surface area contributed by atoms with Crippen LogP contribution in [-0.4, -0.2) is 0 Å². The molecule has 0 aliphatic rings. The van der Waals surface area contributed by atoms with Crippen LogP contribution >= 0.6 is 0 Å². The van der Waals surface area contributed by atoms with Crippen LogP contribution in [0, 0.1) is 22.7 Å². The molecule has 0 fully saturated rings. The van der Waals surface area contributed by atoms with E-state index in [1.54, 1.807) is 6.07 Å². The molecule has 0 amide bonds.